The van der Waals surface area contributed by atoms with Crippen molar-refractivity contribution in [2.24, 2.45) is 17.8 Å². The van der Waals surface area contributed by atoms with E-state index in [1.165, 1.54) is 24.8 Å². The lowest BCUT2D eigenvalue weighted by Crippen LogP contribution is -2.28. The van der Waals surface area contributed by atoms with Crippen molar-refractivity contribution in [2.75, 3.05) is 13.1 Å². The molecule has 0 saturated heterocycles. The van der Waals surface area contributed by atoms with Gasteiger partial charge in [-0.3, -0.25) is 0 Å². The molecule has 2 atom stereocenters. The van der Waals surface area contributed by atoms with Gasteiger partial charge in [-0.1, -0.05) is 64.4 Å². The van der Waals surface area contributed by atoms with Gasteiger partial charge in [0, 0.05) is 0 Å². The number of rotatable bonds is 9. The zero-order valence-corrected chi connectivity index (χ0v) is 13.2. The molecule has 0 aromatic heterocycles. The summed E-state index contributed by atoms with van der Waals surface area (Å²) in [5, 5.41) is 3.57. The lowest BCUT2D eigenvalue weighted by atomic mass is 9.90. The van der Waals surface area contributed by atoms with Crippen LogP contribution in [-0.4, -0.2) is 13.1 Å². The van der Waals surface area contributed by atoms with E-state index >= 15 is 0 Å². The van der Waals surface area contributed by atoms with Gasteiger partial charge in [0.25, 0.3) is 0 Å². The topological polar surface area (TPSA) is 12.0 Å². The summed E-state index contributed by atoms with van der Waals surface area (Å²) in [6, 6.07) is 10.8. The van der Waals surface area contributed by atoms with Crippen molar-refractivity contribution in [1.82, 2.24) is 5.32 Å². The van der Waals surface area contributed by atoms with E-state index in [0.717, 1.165) is 30.8 Å². The first-order chi connectivity index (χ1) is 9.09. The molecule has 0 aliphatic carbocycles. The number of hydrogen-bond donors (Lipinski definition) is 1. The van der Waals surface area contributed by atoms with Crippen LogP contribution in [0, 0.1) is 17.8 Å². The largest absolute Gasteiger partial charge is 0.316 e. The smallest absolute Gasteiger partial charge is 0.00205 e. The van der Waals surface area contributed by atoms with Crippen molar-refractivity contribution in [3.05, 3.63) is 35.9 Å². The van der Waals surface area contributed by atoms with Gasteiger partial charge in [0.05, 0.1) is 0 Å². The molecule has 0 bridgehead atoms. The summed E-state index contributed by atoms with van der Waals surface area (Å²) in [5.41, 5.74) is 1.47. The van der Waals surface area contributed by atoms with E-state index < -0.39 is 0 Å². The Morgan fingerprint density at radius 3 is 2.21 bits per heavy atom. The summed E-state index contributed by atoms with van der Waals surface area (Å²) >= 11 is 0. The van der Waals surface area contributed by atoms with E-state index in [1.54, 1.807) is 0 Å². The van der Waals surface area contributed by atoms with Crippen LogP contribution in [-0.2, 0) is 6.42 Å². The number of hydrogen-bond acceptors (Lipinski definition) is 1. The van der Waals surface area contributed by atoms with Crippen LogP contribution in [0.2, 0.25) is 0 Å². The van der Waals surface area contributed by atoms with Crippen molar-refractivity contribution in [3.63, 3.8) is 0 Å². The molecule has 0 aliphatic heterocycles. The number of nitrogens with one attached hydrogen (secondary N) is 1. The summed E-state index contributed by atoms with van der Waals surface area (Å²) in [6.45, 7) is 11.6. The highest BCUT2D eigenvalue weighted by Gasteiger charge is 2.11. The molecule has 1 rings (SSSR count). The minimum absolute atomic E-state index is 0.751. The molecule has 1 heteroatoms. The molecule has 2 unspecified atom stereocenters. The van der Waals surface area contributed by atoms with Crippen LogP contribution in [0.3, 0.4) is 0 Å². The van der Waals surface area contributed by atoms with E-state index in [1.807, 2.05) is 0 Å². The third kappa shape index (κ3) is 7.37. The first-order valence-electron chi connectivity index (χ1n) is 7.84. The maximum atomic E-state index is 3.57. The molecule has 108 valence electrons. The summed E-state index contributed by atoms with van der Waals surface area (Å²) in [7, 11) is 0. The fourth-order valence-electron chi connectivity index (χ4n) is 2.36. The Labute approximate surface area is 119 Å². The molecule has 1 aromatic carbocycles. The van der Waals surface area contributed by atoms with Gasteiger partial charge < -0.3 is 5.32 Å². The maximum absolute atomic E-state index is 3.57. The average molecular weight is 261 g/mol. The third-order valence-electron chi connectivity index (χ3n) is 3.96. The first-order valence-corrected chi connectivity index (χ1v) is 7.84. The number of aryl methyl sites for hydroxylation is 1. The van der Waals surface area contributed by atoms with Gasteiger partial charge in [-0.05, 0) is 49.2 Å². The third-order valence-corrected chi connectivity index (χ3v) is 3.96. The second-order valence-corrected chi connectivity index (χ2v) is 6.38. The Kier molecular flexibility index (Phi) is 7.81. The molecule has 0 aliphatic rings. The SMILES string of the molecule is CC(C)CNCC(C)C(C)CCCc1ccccc1. The van der Waals surface area contributed by atoms with E-state index in [0.29, 0.717) is 0 Å². The first kappa shape index (κ1) is 16.2. The zero-order chi connectivity index (χ0) is 14.1. The minimum atomic E-state index is 0.751. The molecule has 0 amide bonds. The fraction of sp³-hybridized carbons (Fsp3) is 0.667. The van der Waals surface area contributed by atoms with E-state index in [4.69, 9.17) is 0 Å². The predicted octanol–water partition coefficient (Wildman–Crippen LogP) is 4.53. The Hall–Kier alpha value is -0.820. The maximum Gasteiger partial charge on any atom is -0.00205 e. The second-order valence-electron chi connectivity index (χ2n) is 6.38. The van der Waals surface area contributed by atoms with Crippen LogP contribution >= 0.6 is 0 Å². The van der Waals surface area contributed by atoms with Crippen molar-refractivity contribution in [1.29, 1.82) is 0 Å². The van der Waals surface area contributed by atoms with E-state index in [-0.39, 0.29) is 0 Å². The molecular weight excluding hydrogens is 230 g/mol. The van der Waals surface area contributed by atoms with Crippen LogP contribution in [0.25, 0.3) is 0 Å². The molecule has 1 aromatic rings. The summed E-state index contributed by atoms with van der Waals surface area (Å²) in [5.74, 6) is 2.33. The number of benzene rings is 1. The quantitative estimate of drug-likeness (QED) is 0.689. The molecule has 0 saturated carbocycles. The molecular formula is C18H31N. The highest BCUT2D eigenvalue weighted by atomic mass is 14.9. The molecule has 0 radical (unpaired) electrons. The van der Waals surface area contributed by atoms with Gasteiger partial charge in [-0.25, -0.2) is 0 Å². The Bertz CT molecular complexity index is 318. The predicted molar refractivity (Wildman–Crippen MR) is 85.4 cm³/mol. The van der Waals surface area contributed by atoms with Crippen molar-refractivity contribution >= 4 is 0 Å². The van der Waals surface area contributed by atoms with Gasteiger partial charge in [0.2, 0.25) is 0 Å². The van der Waals surface area contributed by atoms with Crippen molar-refractivity contribution in [3.8, 4) is 0 Å². The summed E-state index contributed by atoms with van der Waals surface area (Å²) in [4.78, 5) is 0. The van der Waals surface area contributed by atoms with Gasteiger partial charge in [0.15, 0.2) is 0 Å². The van der Waals surface area contributed by atoms with Crippen LogP contribution in [0.4, 0.5) is 0 Å². The van der Waals surface area contributed by atoms with Crippen LogP contribution < -0.4 is 5.32 Å². The second kappa shape index (κ2) is 9.14. The van der Waals surface area contributed by atoms with E-state index in [2.05, 4.69) is 63.3 Å². The van der Waals surface area contributed by atoms with Gasteiger partial charge >= 0.3 is 0 Å². The van der Waals surface area contributed by atoms with Crippen molar-refractivity contribution in [2.45, 2.75) is 47.0 Å². The summed E-state index contributed by atoms with van der Waals surface area (Å²) < 4.78 is 0. The molecule has 1 N–H and O–H groups in total. The van der Waals surface area contributed by atoms with Crippen LogP contribution in [0.15, 0.2) is 30.3 Å². The highest BCUT2D eigenvalue weighted by molar-refractivity contribution is 5.14. The lowest BCUT2D eigenvalue weighted by Gasteiger charge is -2.21. The molecule has 0 heterocycles. The summed E-state index contributed by atoms with van der Waals surface area (Å²) in [6.07, 6.45) is 3.86. The fourth-order valence-corrected chi connectivity index (χ4v) is 2.36. The molecule has 1 nitrogen and oxygen atoms in total. The molecule has 0 spiro atoms. The normalized spacial score (nSPS) is 14.6. The zero-order valence-electron chi connectivity index (χ0n) is 13.2. The average Bonchev–Trinajstić information content (AvgIpc) is 2.39. The minimum Gasteiger partial charge on any atom is -0.316 e. The van der Waals surface area contributed by atoms with Crippen LogP contribution in [0.1, 0.15) is 46.1 Å². The standard InChI is InChI=1S/C18H31N/c1-15(2)13-19-14-17(4)16(3)9-8-12-18-10-6-5-7-11-18/h5-7,10-11,15-17,19H,8-9,12-14H2,1-4H3. The van der Waals surface area contributed by atoms with Crippen LogP contribution in [0.5, 0.6) is 0 Å². The Balaban J connectivity index is 2.14. The molecule has 0 fully saturated rings. The van der Waals surface area contributed by atoms with Gasteiger partial charge in [-0.2, -0.15) is 0 Å². The lowest BCUT2D eigenvalue weighted by molar-refractivity contribution is 0.335. The van der Waals surface area contributed by atoms with E-state index in [9.17, 15) is 0 Å². The molecule has 19 heavy (non-hydrogen) atoms. The van der Waals surface area contributed by atoms with Crippen molar-refractivity contribution < 1.29 is 0 Å². The highest BCUT2D eigenvalue weighted by Crippen LogP contribution is 2.18. The van der Waals surface area contributed by atoms with Gasteiger partial charge in [0.1, 0.15) is 0 Å². The monoisotopic (exact) mass is 261 g/mol. The Morgan fingerprint density at radius 2 is 1.58 bits per heavy atom. The van der Waals surface area contributed by atoms with Gasteiger partial charge in [-0.15, -0.1) is 0 Å². The Morgan fingerprint density at radius 1 is 0.895 bits per heavy atom.